The third-order valence-electron chi connectivity index (χ3n) is 3.63. The molecule has 2 aromatic carbocycles. The Labute approximate surface area is 142 Å². The lowest BCUT2D eigenvalue weighted by Crippen LogP contribution is -2.19. The van der Waals surface area contributed by atoms with Crippen molar-refractivity contribution in [3.8, 4) is 11.5 Å². The average Bonchev–Trinajstić information content (AvgIpc) is 2.62. The Morgan fingerprint density at radius 3 is 2.42 bits per heavy atom. The molecule has 0 aromatic heterocycles. The molecular formula is C19H22N2O3. The van der Waals surface area contributed by atoms with E-state index in [4.69, 9.17) is 9.47 Å². The standard InChI is InChI=1S/C19H22N2O3/c1-4-14-5-7-15(8-6-14)11-19(22)21-20-13-16-9-10-17(23-2)12-18(16)24-3/h5-10,12-13H,4,11H2,1-3H3,(H,21,22)/b20-13+. The molecule has 24 heavy (non-hydrogen) atoms. The van der Waals surface area contributed by atoms with Crippen LogP contribution in [0.3, 0.4) is 0 Å². The summed E-state index contributed by atoms with van der Waals surface area (Å²) in [6.45, 7) is 2.10. The first kappa shape index (κ1) is 17.5. The Morgan fingerprint density at radius 2 is 1.79 bits per heavy atom. The smallest absolute Gasteiger partial charge is 0.244 e. The van der Waals surface area contributed by atoms with E-state index in [-0.39, 0.29) is 5.91 Å². The van der Waals surface area contributed by atoms with Crippen LogP contribution in [0.15, 0.2) is 47.6 Å². The van der Waals surface area contributed by atoms with Gasteiger partial charge in [0.25, 0.3) is 0 Å². The Bertz CT molecular complexity index is 709. The van der Waals surface area contributed by atoms with E-state index in [1.54, 1.807) is 32.6 Å². The van der Waals surface area contributed by atoms with E-state index in [1.807, 2.05) is 30.3 Å². The van der Waals surface area contributed by atoms with Gasteiger partial charge in [0.2, 0.25) is 5.91 Å². The lowest BCUT2D eigenvalue weighted by Gasteiger charge is -2.07. The maximum Gasteiger partial charge on any atom is 0.244 e. The number of hydrazone groups is 1. The van der Waals surface area contributed by atoms with Crippen LogP contribution in [-0.4, -0.2) is 26.3 Å². The van der Waals surface area contributed by atoms with E-state index < -0.39 is 0 Å². The van der Waals surface area contributed by atoms with E-state index in [9.17, 15) is 4.79 Å². The van der Waals surface area contributed by atoms with Crippen molar-refractivity contribution in [2.75, 3.05) is 14.2 Å². The highest BCUT2D eigenvalue weighted by molar-refractivity contribution is 5.86. The van der Waals surface area contributed by atoms with Gasteiger partial charge in [0.05, 0.1) is 26.9 Å². The topological polar surface area (TPSA) is 59.9 Å². The van der Waals surface area contributed by atoms with Gasteiger partial charge in [0.1, 0.15) is 11.5 Å². The largest absolute Gasteiger partial charge is 0.497 e. The van der Waals surface area contributed by atoms with E-state index in [1.165, 1.54) is 5.56 Å². The maximum atomic E-state index is 11.9. The molecule has 5 nitrogen and oxygen atoms in total. The highest BCUT2D eigenvalue weighted by Gasteiger charge is 2.04. The number of amides is 1. The van der Waals surface area contributed by atoms with E-state index in [0.29, 0.717) is 17.9 Å². The highest BCUT2D eigenvalue weighted by atomic mass is 16.5. The number of rotatable bonds is 7. The van der Waals surface area contributed by atoms with Crippen LogP contribution in [0.1, 0.15) is 23.6 Å². The first-order chi connectivity index (χ1) is 11.7. The predicted octanol–water partition coefficient (Wildman–Crippen LogP) is 2.96. The third kappa shape index (κ3) is 4.84. The van der Waals surface area contributed by atoms with Gasteiger partial charge in [0.15, 0.2) is 0 Å². The normalized spacial score (nSPS) is 10.6. The number of hydrogen-bond acceptors (Lipinski definition) is 4. The molecule has 0 saturated heterocycles. The minimum atomic E-state index is -0.164. The number of nitrogens with one attached hydrogen (secondary N) is 1. The van der Waals surface area contributed by atoms with E-state index in [0.717, 1.165) is 17.5 Å². The van der Waals surface area contributed by atoms with Crippen LogP contribution in [0.25, 0.3) is 0 Å². The summed E-state index contributed by atoms with van der Waals surface area (Å²) in [6.07, 6.45) is 2.83. The highest BCUT2D eigenvalue weighted by Crippen LogP contribution is 2.22. The zero-order valence-electron chi connectivity index (χ0n) is 14.2. The van der Waals surface area contributed by atoms with Crippen LogP contribution < -0.4 is 14.9 Å². The molecular weight excluding hydrogens is 304 g/mol. The van der Waals surface area contributed by atoms with Gasteiger partial charge in [-0.05, 0) is 29.7 Å². The first-order valence-electron chi connectivity index (χ1n) is 7.78. The van der Waals surface area contributed by atoms with Crippen molar-refractivity contribution >= 4 is 12.1 Å². The fourth-order valence-electron chi connectivity index (χ4n) is 2.22. The SMILES string of the molecule is CCc1ccc(CC(=O)N/N=C/c2ccc(OC)cc2OC)cc1. The molecule has 1 amide bonds. The molecule has 0 saturated carbocycles. The molecule has 2 rings (SSSR count). The second-order valence-electron chi connectivity index (χ2n) is 5.25. The number of carbonyl (C=O) groups excluding carboxylic acids is 1. The monoisotopic (exact) mass is 326 g/mol. The van der Waals surface area contributed by atoms with Crippen molar-refractivity contribution in [2.24, 2.45) is 5.10 Å². The zero-order chi connectivity index (χ0) is 17.4. The number of nitrogens with zero attached hydrogens (tertiary/aromatic N) is 1. The number of methoxy groups -OCH3 is 2. The summed E-state index contributed by atoms with van der Waals surface area (Å²) in [5.41, 5.74) is 5.50. The summed E-state index contributed by atoms with van der Waals surface area (Å²) in [6, 6.07) is 13.4. The summed E-state index contributed by atoms with van der Waals surface area (Å²) in [5.74, 6) is 1.16. The maximum absolute atomic E-state index is 11.9. The lowest BCUT2D eigenvalue weighted by atomic mass is 10.1. The Balaban J connectivity index is 1.94. The summed E-state index contributed by atoms with van der Waals surface area (Å²) >= 11 is 0. The Hall–Kier alpha value is -2.82. The van der Waals surface area contributed by atoms with Crippen LogP contribution in [0.5, 0.6) is 11.5 Å². The zero-order valence-corrected chi connectivity index (χ0v) is 14.2. The molecule has 0 unspecified atom stereocenters. The molecule has 0 atom stereocenters. The van der Waals surface area contributed by atoms with Crippen molar-refractivity contribution in [2.45, 2.75) is 19.8 Å². The number of hydrogen-bond donors (Lipinski definition) is 1. The molecule has 0 aliphatic heterocycles. The van der Waals surface area contributed by atoms with Gasteiger partial charge in [-0.15, -0.1) is 0 Å². The summed E-state index contributed by atoms with van der Waals surface area (Å²) < 4.78 is 10.4. The Morgan fingerprint density at radius 1 is 1.08 bits per heavy atom. The number of benzene rings is 2. The molecule has 126 valence electrons. The van der Waals surface area contributed by atoms with Crippen LogP contribution in [0.4, 0.5) is 0 Å². The van der Waals surface area contributed by atoms with Crippen LogP contribution in [0.2, 0.25) is 0 Å². The van der Waals surface area contributed by atoms with Gasteiger partial charge in [-0.2, -0.15) is 5.10 Å². The van der Waals surface area contributed by atoms with Crippen molar-refractivity contribution in [3.05, 3.63) is 59.2 Å². The minimum Gasteiger partial charge on any atom is -0.497 e. The molecule has 2 aromatic rings. The van der Waals surface area contributed by atoms with Gasteiger partial charge in [0, 0.05) is 11.6 Å². The van der Waals surface area contributed by atoms with Gasteiger partial charge >= 0.3 is 0 Å². The molecule has 0 heterocycles. The van der Waals surface area contributed by atoms with Crippen LogP contribution >= 0.6 is 0 Å². The molecule has 0 fully saturated rings. The van der Waals surface area contributed by atoms with Crippen LogP contribution in [-0.2, 0) is 17.6 Å². The van der Waals surface area contributed by atoms with Crippen molar-refractivity contribution < 1.29 is 14.3 Å². The molecule has 0 aliphatic rings. The van der Waals surface area contributed by atoms with Gasteiger partial charge in [-0.3, -0.25) is 4.79 Å². The summed E-state index contributed by atoms with van der Waals surface area (Å²) in [7, 11) is 3.17. The Kier molecular flexibility index (Phi) is 6.37. The van der Waals surface area contributed by atoms with E-state index in [2.05, 4.69) is 17.5 Å². The molecule has 0 spiro atoms. The van der Waals surface area contributed by atoms with E-state index >= 15 is 0 Å². The van der Waals surface area contributed by atoms with Gasteiger partial charge in [-0.1, -0.05) is 31.2 Å². The van der Waals surface area contributed by atoms with Crippen molar-refractivity contribution in [1.82, 2.24) is 5.43 Å². The second kappa shape index (κ2) is 8.72. The molecule has 0 radical (unpaired) electrons. The molecule has 0 aliphatic carbocycles. The van der Waals surface area contributed by atoms with Gasteiger partial charge < -0.3 is 9.47 Å². The van der Waals surface area contributed by atoms with Crippen molar-refractivity contribution in [3.63, 3.8) is 0 Å². The fraction of sp³-hybridized carbons (Fsp3) is 0.263. The number of ether oxygens (including phenoxy) is 2. The molecule has 0 bridgehead atoms. The van der Waals surface area contributed by atoms with Gasteiger partial charge in [-0.25, -0.2) is 5.43 Å². The predicted molar refractivity (Wildman–Crippen MR) is 94.8 cm³/mol. The average molecular weight is 326 g/mol. The summed E-state index contributed by atoms with van der Waals surface area (Å²) in [4.78, 5) is 11.9. The van der Waals surface area contributed by atoms with Crippen molar-refractivity contribution in [1.29, 1.82) is 0 Å². The molecule has 5 heteroatoms. The second-order valence-corrected chi connectivity index (χ2v) is 5.25. The quantitative estimate of drug-likeness (QED) is 0.628. The number of aryl methyl sites for hydroxylation is 1. The summed E-state index contributed by atoms with van der Waals surface area (Å²) in [5, 5.41) is 3.99. The number of carbonyl (C=O) groups is 1. The van der Waals surface area contributed by atoms with Crippen LogP contribution in [0, 0.1) is 0 Å². The fourth-order valence-corrected chi connectivity index (χ4v) is 2.22. The lowest BCUT2D eigenvalue weighted by molar-refractivity contribution is -0.120. The minimum absolute atomic E-state index is 0.164. The first-order valence-corrected chi connectivity index (χ1v) is 7.78. The third-order valence-corrected chi connectivity index (χ3v) is 3.63. The molecule has 1 N–H and O–H groups in total.